The van der Waals surface area contributed by atoms with Crippen LogP contribution >= 0.6 is 0 Å². The van der Waals surface area contributed by atoms with Crippen LogP contribution in [0.4, 0.5) is 0 Å². The van der Waals surface area contributed by atoms with Crippen LogP contribution in [0.1, 0.15) is 2.85 Å². The predicted octanol–water partition coefficient (Wildman–Crippen LogP) is -5.02. The van der Waals surface area contributed by atoms with Crippen molar-refractivity contribution in [2.24, 2.45) is 0 Å². The number of phenolic OH excluding ortho intramolecular Hbond substituents is 2. The maximum Gasteiger partial charge on any atom is 1.00 e. The molecule has 0 amide bonds. The Morgan fingerprint density at radius 3 is 1.82 bits per heavy atom. The van der Waals surface area contributed by atoms with E-state index < -0.39 is 41.5 Å². The van der Waals surface area contributed by atoms with E-state index >= 15 is 0 Å². The van der Waals surface area contributed by atoms with E-state index in [9.17, 15) is 27.0 Å². The second kappa shape index (κ2) is 7.34. The van der Waals surface area contributed by atoms with Crippen molar-refractivity contribution in [2.45, 2.75) is 9.79 Å². The molecular formula is C10H10Na2O8S2. The summed E-state index contributed by atoms with van der Waals surface area (Å²) in [4.78, 5) is -1.51. The largest absolute Gasteiger partial charge is 1.00 e. The van der Waals surface area contributed by atoms with E-state index in [2.05, 4.69) is 0 Å². The molecule has 0 fully saturated rings. The molecule has 0 aliphatic carbocycles. The molecule has 0 aliphatic heterocycles. The number of hydrogen-bond donors (Lipinski definition) is 4. The number of fused-ring (bicyclic) bond motifs is 1. The van der Waals surface area contributed by atoms with E-state index in [1.165, 1.54) is 0 Å². The predicted molar refractivity (Wildman–Crippen MR) is 69.1 cm³/mol. The molecule has 0 spiro atoms. The van der Waals surface area contributed by atoms with Gasteiger partial charge in [-0.15, -0.1) is 0 Å². The van der Waals surface area contributed by atoms with Crippen LogP contribution in [0.2, 0.25) is 0 Å². The van der Waals surface area contributed by atoms with Crippen molar-refractivity contribution in [3.05, 3.63) is 24.3 Å². The summed E-state index contributed by atoms with van der Waals surface area (Å²) in [6, 6.07) is 3.69. The molecule has 0 atom stereocenters. The number of phenols is 2. The van der Waals surface area contributed by atoms with Gasteiger partial charge in [0.15, 0.2) is 11.5 Å². The first-order valence-corrected chi connectivity index (χ1v) is 7.83. The van der Waals surface area contributed by atoms with Crippen LogP contribution in [0.3, 0.4) is 0 Å². The van der Waals surface area contributed by atoms with Gasteiger partial charge < -0.3 is 13.1 Å². The van der Waals surface area contributed by atoms with Gasteiger partial charge in [0.1, 0.15) is 4.90 Å². The van der Waals surface area contributed by atoms with Crippen LogP contribution in [0.5, 0.6) is 11.5 Å². The molecule has 8 nitrogen and oxygen atoms in total. The Balaban J connectivity index is -0.00000110. The smallest absolute Gasteiger partial charge is 1.00 e. The first-order valence-electron chi connectivity index (χ1n) is 4.95. The number of hydrogen-bond acceptors (Lipinski definition) is 6. The summed E-state index contributed by atoms with van der Waals surface area (Å²) in [7, 11) is -9.34. The van der Waals surface area contributed by atoms with E-state index in [0.29, 0.717) is 0 Å². The summed E-state index contributed by atoms with van der Waals surface area (Å²) in [5, 5.41) is 19.0. The summed E-state index contributed by atoms with van der Waals surface area (Å²) in [5.74, 6) is -1.89. The molecule has 22 heavy (non-hydrogen) atoms. The Kier molecular flexibility index (Phi) is 7.38. The summed E-state index contributed by atoms with van der Waals surface area (Å²) in [5.41, 5.74) is 0. The van der Waals surface area contributed by atoms with Crippen molar-refractivity contribution in [1.82, 2.24) is 0 Å². The maximum atomic E-state index is 11.0. The summed E-state index contributed by atoms with van der Waals surface area (Å²) in [6.45, 7) is 0. The fraction of sp³-hybridized carbons (Fsp3) is 0. The zero-order chi connectivity index (χ0) is 15.3. The number of rotatable bonds is 2. The first kappa shape index (κ1) is 22.1. The second-order valence-corrected chi connectivity index (χ2v) is 6.72. The molecule has 0 bridgehead atoms. The molecule has 2 aromatic rings. The maximum absolute atomic E-state index is 11.0. The molecule has 4 N–H and O–H groups in total. The zero-order valence-corrected chi connectivity index (χ0v) is 17.2. The van der Waals surface area contributed by atoms with Gasteiger partial charge in [-0.05, 0) is 29.7 Å². The van der Waals surface area contributed by atoms with Gasteiger partial charge in [0.2, 0.25) is 0 Å². The van der Waals surface area contributed by atoms with Crippen molar-refractivity contribution >= 4 is 31.0 Å². The zero-order valence-electron chi connectivity index (χ0n) is 13.5. The topological polar surface area (TPSA) is 149 Å². The van der Waals surface area contributed by atoms with Gasteiger partial charge in [0.25, 0.3) is 20.2 Å². The van der Waals surface area contributed by atoms with Gasteiger partial charge in [0, 0.05) is 5.39 Å². The van der Waals surface area contributed by atoms with E-state index in [1.54, 1.807) is 0 Å². The minimum absolute atomic E-state index is 0. The van der Waals surface area contributed by atoms with Gasteiger partial charge in [0.05, 0.1) is 4.90 Å². The fourth-order valence-electron chi connectivity index (χ4n) is 1.69. The Hall–Kier alpha value is 0.120. The molecule has 0 unspecified atom stereocenters. The molecule has 12 heteroatoms. The average Bonchev–Trinajstić information content (AvgIpc) is 2.30. The number of aromatic hydroxyl groups is 2. The average molecular weight is 368 g/mol. The van der Waals surface area contributed by atoms with Gasteiger partial charge in [-0.2, -0.15) is 16.8 Å². The van der Waals surface area contributed by atoms with Gasteiger partial charge in [-0.3, -0.25) is 9.11 Å². The van der Waals surface area contributed by atoms with Crippen LogP contribution in [-0.4, -0.2) is 36.2 Å². The first-order chi connectivity index (χ1) is 9.01. The molecule has 2 rings (SSSR count). The fourth-order valence-corrected chi connectivity index (χ4v) is 2.82. The van der Waals surface area contributed by atoms with Crippen molar-refractivity contribution in [3.63, 3.8) is 0 Å². The van der Waals surface area contributed by atoms with E-state index in [-0.39, 0.29) is 72.7 Å². The third kappa shape index (κ3) is 4.35. The minimum atomic E-state index is -4.82. The Bertz CT molecular complexity index is 932. The standard InChI is InChI=1S/C10H8O8S2.2Na.2H/c11-9-7-2-1-6(19(13,14)15)3-5(7)4-8(10(9)12)20(16,17)18;;;;/h1-4,11-12H,(H,13,14,15)(H,16,17,18);;;;/q;2*+1;2*-1. The Labute approximate surface area is 173 Å². The molecule has 112 valence electrons. The van der Waals surface area contributed by atoms with E-state index in [1.807, 2.05) is 0 Å². The van der Waals surface area contributed by atoms with Crippen LogP contribution < -0.4 is 59.1 Å². The van der Waals surface area contributed by atoms with Gasteiger partial charge in [-0.25, -0.2) is 0 Å². The third-order valence-corrected chi connectivity index (χ3v) is 4.31. The van der Waals surface area contributed by atoms with Gasteiger partial charge in [-0.1, -0.05) is 0 Å². The SMILES string of the molecule is O=S(=O)(O)c1ccc2c(O)c(O)c(S(=O)(=O)O)cc2c1.[H-].[H-].[Na+].[Na+]. The monoisotopic (exact) mass is 368 g/mol. The molecule has 0 saturated heterocycles. The molecule has 2 aromatic carbocycles. The normalized spacial score (nSPS) is 11.5. The quantitative estimate of drug-likeness (QED) is 0.234. The molecular weight excluding hydrogens is 358 g/mol. The van der Waals surface area contributed by atoms with E-state index in [4.69, 9.17) is 9.11 Å². The number of benzene rings is 2. The van der Waals surface area contributed by atoms with Crippen LogP contribution in [0, 0.1) is 0 Å². The summed E-state index contributed by atoms with van der Waals surface area (Å²) >= 11 is 0. The minimum Gasteiger partial charge on any atom is -1.00 e. The van der Waals surface area contributed by atoms with Crippen molar-refractivity contribution in [3.8, 4) is 11.5 Å². The Morgan fingerprint density at radius 2 is 1.36 bits per heavy atom. The van der Waals surface area contributed by atoms with E-state index in [0.717, 1.165) is 24.3 Å². The molecule has 0 radical (unpaired) electrons. The van der Waals surface area contributed by atoms with Gasteiger partial charge >= 0.3 is 59.1 Å². The third-order valence-electron chi connectivity index (χ3n) is 2.60. The molecule has 0 aromatic heterocycles. The summed E-state index contributed by atoms with van der Waals surface area (Å²) < 4.78 is 61.9. The van der Waals surface area contributed by atoms with Crippen molar-refractivity contribution in [1.29, 1.82) is 0 Å². The van der Waals surface area contributed by atoms with Crippen LogP contribution in [0.15, 0.2) is 34.1 Å². The van der Waals surface area contributed by atoms with Crippen LogP contribution in [-0.2, 0) is 20.2 Å². The second-order valence-electron chi connectivity index (χ2n) is 3.90. The summed E-state index contributed by atoms with van der Waals surface area (Å²) in [6.07, 6.45) is 0. The van der Waals surface area contributed by atoms with Crippen molar-refractivity contribution in [2.75, 3.05) is 0 Å². The Morgan fingerprint density at radius 1 is 0.818 bits per heavy atom. The van der Waals surface area contributed by atoms with Crippen LogP contribution in [0.25, 0.3) is 10.8 Å². The molecule has 0 saturated carbocycles. The van der Waals surface area contributed by atoms with Crippen molar-refractivity contribution < 1.29 is 98.1 Å². The molecule has 0 aliphatic rings. The molecule has 0 heterocycles.